The first-order chi connectivity index (χ1) is 10.4. The van der Waals surface area contributed by atoms with Crippen molar-refractivity contribution in [1.29, 1.82) is 0 Å². The second kappa shape index (κ2) is 6.70. The van der Waals surface area contributed by atoms with Gasteiger partial charge in [0.25, 0.3) is 5.69 Å². The van der Waals surface area contributed by atoms with Crippen molar-refractivity contribution in [3.05, 3.63) is 68.2 Å². The third-order valence-corrected chi connectivity index (χ3v) is 3.88. The quantitative estimate of drug-likeness (QED) is 0.646. The van der Waals surface area contributed by atoms with E-state index in [1.807, 2.05) is 30.3 Å². The highest BCUT2D eigenvalue weighted by Crippen LogP contribution is 2.32. The van der Waals surface area contributed by atoms with Crippen molar-refractivity contribution < 1.29 is 9.72 Å². The Balaban J connectivity index is 2.31. The molecule has 2 aromatic carbocycles. The molecule has 0 radical (unpaired) electrons. The van der Waals surface area contributed by atoms with Crippen LogP contribution in [0.5, 0.6) is 0 Å². The number of nitrogens with one attached hydrogen (secondary N) is 1. The topological polar surface area (TPSA) is 72.2 Å². The van der Waals surface area contributed by atoms with Gasteiger partial charge in [-0.05, 0) is 31.0 Å². The SMILES string of the molecule is Cc1cc(Br)cc([N+](=O)[O-])c1NC(=O)[C@@H](C)c1ccccc1. The molecule has 2 aromatic rings. The predicted molar refractivity (Wildman–Crippen MR) is 89.0 cm³/mol. The number of nitrogens with zero attached hydrogens (tertiary/aromatic N) is 1. The number of rotatable bonds is 4. The van der Waals surface area contributed by atoms with Gasteiger partial charge < -0.3 is 5.32 Å². The molecular weight excluding hydrogens is 348 g/mol. The van der Waals surface area contributed by atoms with Crippen LogP contribution in [0.2, 0.25) is 0 Å². The van der Waals surface area contributed by atoms with Crippen LogP contribution in [0.4, 0.5) is 11.4 Å². The molecule has 1 amide bonds. The zero-order valence-electron chi connectivity index (χ0n) is 12.2. The molecule has 0 saturated carbocycles. The summed E-state index contributed by atoms with van der Waals surface area (Å²) in [4.78, 5) is 23.1. The van der Waals surface area contributed by atoms with Crippen LogP contribution >= 0.6 is 15.9 Å². The van der Waals surface area contributed by atoms with E-state index in [-0.39, 0.29) is 17.3 Å². The average Bonchev–Trinajstić information content (AvgIpc) is 2.49. The van der Waals surface area contributed by atoms with E-state index in [1.54, 1.807) is 19.9 Å². The van der Waals surface area contributed by atoms with E-state index >= 15 is 0 Å². The standard InChI is InChI=1S/C16H15BrN2O3/c1-10-8-13(17)9-14(19(21)22)15(10)18-16(20)11(2)12-6-4-3-5-7-12/h3-9,11H,1-2H3,(H,18,20)/t11-/m0/s1. The molecule has 0 aliphatic rings. The lowest BCUT2D eigenvalue weighted by molar-refractivity contribution is -0.384. The number of hydrogen-bond acceptors (Lipinski definition) is 3. The summed E-state index contributed by atoms with van der Waals surface area (Å²) < 4.78 is 0.603. The van der Waals surface area contributed by atoms with Crippen LogP contribution in [0.1, 0.15) is 24.0 Å². The molecule has 5 nitrogen and oxygen atoms in total. The summed E-state index contributed by atoms with van der Waals surface area (Å²) >= 11 is 3.23. The summed E-state index contributed by atoms with van der Waals surface area (Å²) in [6, 6.07) is 12.4. The minimum atomic E-state index is -0.499. The molecule has 0 bridgehead atoms. The summed E-state index contributed by atoms with van der Waals surface area (Å²) in [5, 5.41) is 13.9. The highest BCUT2D eigenvalue weighted by Gasteiger charge is 2.22. The van der Waals surface area contributed by atoms with Gasteiger partial charge in [0.05, 0.1) is 10.8 Å². The largest absolute Gasteiger partial charge is 0.320 e. The number of aryl methyl sites for hydroxylation is 1. The number of amides is 1. The Labute approximate surface area is 136 Å². The Morgan fingerprint density at radius 3 is 2.50 bits per heavy atom. The molecule has 0 aromatic heterocycles. The maximum Gasteiger partial charge on any atom is 0.294 e. The molecule has 0 unspecified atom stereocenters. The molecule has 0 aliphatic carbocycles. The van der Waals surface area contributed by atoms with Gasteiger partial charge in [0.15, 0.2) is 0 Å². The Kier molecular flexibility index (Phi) is 4.92. The molecule has 0 aliphatic heterocycles. The number of carbonyl (C=O) groups excluding carboxylic acids is 1. The van der Waals surface area contributed by atoms with Crippen LogP contribution in [0.25, 0.3) is 0 Å². The normalized spacial score (nSPS) is 11.8. The van der Waals surface area contributed by atoms with Crippen LogP contribution < -0.4 is 5.32 Å². The van der Waals surface area contributed by atoms with Crippen LogP contribution in [-0.2, 0) is 4.79 Å². The Morgan fingerprint density at radius 2 is 1.91 bits per heavy atom. The predicted octanol–water partition coefficient (Wildman–Crippen LogP) is 4.41. The number of nitro groups is 1. The van der Waals surface area contributed by atoms with Gasteiger partial charge in [-0.15, -0.1) is 0 Å². The first-order valence-corrected chi connectivity index (χ1v) is 7.49. The zero-order valence-corrected chi connectivity index (χ0v) is 13.8. The van der Waals surface area contributed by atoms with Crippen molar-refractivity contribution in [3.63, 3.8) is 0 Å². The van der Waals surface area contributed by atoms with Gasteiger partial charge in [0, 0.05) is 10.5 Å². The van der Waals surface area contributed by atoms with Gasteiger partial charge in [0.1, 0.15) is 5.69 Å². The minimum absolute atomic E-state index is 0.125. The Bertz CT molecular complexity index is 717. The van der Waals surface area contributed by atoms with Gasteiger partial charge in [0.2, 0.25) is 5.91 Å². The third kappa shape index (κ3) is 3.51. The van der Waals surface area contributed by atoms with Gasteiger partial charge >= 0.3 is 0 Å². The molecule has 22 heavy (non-hydrogen) atoms. The summed E-state index contributed by atoms with van der Waals surface area (Å²) in [5.74, 6) is -0.677. The fourth-order valence-corrected chi connectivity index (χ4v) is 2.72. The molecular formula is C16H15BrN2O3. The molecule has 0 heterocycles. The lowest BCUT2D eigenvalue weighted by Crippen LogP contribution is -2.20. The van der Waals surface area contributed by atoms with Gasteiger partial charge in [-0.3, -0.25) is 14.9 Å². The molecule has 6 heteroatoms. The molecule has 1 atom stereocenters. The van der Waals surface area contributed by atoms with E-state index in [1.165, 1.54) is 6.07 Å². The van der Waals surface area contributed by atoms with Gasteiger partial charge in [-0.25, -0.2) is 0 Å². The summed E-state index contributed by atoms with van der Waals surface area (Å²) in [6.45, 7) is 3.49. The maximum absolute atomic E-state index is 12.4. The van der Waals surface area contributed by atoms with Gasteiger partial charge in [-0.2, -0.15) is 0 Å². The number of anilines is 1. The number of carbonyl (C=O) groups is 1. The van der Waals surface area contributed by atoms with E-state index in [0.717, 1.165) is 5.56 Å². The van der Waals surface area contributed by atoms with Crippen LogP contribution in [-0.4, -0.2) is 10.8 Å². The van der Waals surface area contributed by atoms with Crippen molar-refractivity contribution >= 4 is 33.2 Å². The molecule has 1 N–H and O–H groups in total. The zero-order chi connectivity index (χ0) is 16.3. The van der Waals surface area contributed by atoms with Crippen molar-refractivity contribution in [2.24, 2.45) is 0 Å². The highest BCUT2D eigenvalue weighted by molar-refractivity contribution is 9.10. The van der Waals surface area contributed by atoms with Crippen molar-refractivity contribution in [1.82, 2.24) is 0 Å². The van der Waals surface area contributed by atoms with Crippen LogP contribution in [0, 0.1) is 17.0 Å². The van der Waals surface area contributed by atoms with Gasteiger partial charge in [-0.1, -0.05) is 46.3 Å². The first-order valence-electron chi connectivity index (χ1n) is 6.70. The average molecular weight is 363 g/mol. The van der Waals surface area contributed by atoms with Crippen molar-refractivity contribution in [2.45, 2.75) is 19.8 Å². The van der Waals surface area contributed by atoms with E-state index in [9.17, 15) is 14.9 Å². The fraction of sp³-hybridized carbons (Fsp3) is 0.188. The maximum atomic E-state index is 12.4. The first kappa shape index (κ1) is 16.2. The van der Waals surface area contributed by atoms with Crippen LogP contribution in [0.15, 0.2) is 46.9 Å². The monoisotopic (exact) mass is 362 g/mol. The number of halogens is 1. The molecule has 0 fully saturated rings. The molecule has 0 spiro atoms. The van der Waals surface area contributed by atoms with E-state index in [2.05, 4.69) is 21.2 Å². The third-order valence-electron chi connectivity index (χ3n) is 3.42. The second-order valence-electron chi connectivity index (χ2n) is 5.00. The lowest BCUT2D eigenvalue weighted by Gasteiger charge is -2.14. The number of nitro benzene ring substituents is 1. The Morgan fingerprint density at radius 1 is 1.27 bits per heavy atom. The van der Waals surface area contributed by atoms with Crippen molar-refractivity contribution in [2.75, 3.05) is 5.32 Å². The number of hydrogen-bond donors (Lipinski definition) is 1. The van der Waals surface area contributed by atoms with E-state index in [0.29, 0.717) is 10.0 Å². The molecule has 114 valence electrons. The fourth-order valence-electron chi connectivity index (χ4n) is 2.16. The highest BCUT2D eigenvalue weighted by atomic mass is 79.9. The Hall–Kier alpha value is -2.21. The summed E-state index contributed by atoms with van der Waals surface area (Å²) in [7, 11) is 0. The smallest absolute Gasteiger partial charge is 0.294 e. The minimum Gasteiger partial charge on any atom is -0.320 e. The lowest BCUT2D eigenvalue weighted by atomic mass is 10.00. The second-order valence-corrected chi connectivity index (χ2v) is 5.91. The molecule has 0 saturated heterocycles. The van der Waals surface area contributed by atoms with Crippen LogP contribution in [0.3, 0.4) is 0 Å². The van der Waals surface area contributed by atoms with E-state index in [4.69, 9.17) is 0 Å². The summed E-state index contributed by atoms with van der Waals surface area (Å²) in [6.07, 6.45) is 0. The molecule has 2 rings (SSSR count). The summed E-state index contributed by atoms with van der Waals surface area (Å²) in [5.41, 5.74) is 1.61. The van der Waals surface area contributed by atoms with E-state index < -0.39 is 10.8 Å². The van der Waals surface area contributed by atoms with Crippen molar-refractivity contribution in [3.8, 4) is 0 Å². The number of benzene rings is 2.